The van der Waals surface area contributed by atoms with Crippen LogP contribution in [0.25, 0.3) is 0 Å². The molecule has 3 heteroatoms. The van der Waals surface area contributed by atoms with Gasteiger partial charge in [-0.15, -0.1) is 0 Å². The standard InChI is InChI=1S/C13H26N2O/c1-10(2)11-6-13(7-11,9-14)15-5-4-12(8-15)16-3/h10-12H,4-9,14H2,1-3H3. The lowest BCUT2D eigenvalue weighted by Crippen LogP contribution is -2.62. The van der Waals surface area contributed by atoms with Crippen molar-refractivity contribution >= 4 is 0 Å². The van der Waals surface area contributed by atoms with Crippen LogP contribution in [-0.2, 0) is 4.74 Å². The molecule has 3 nitrogen and oxygen atoms in total. The molecule has 0 aromatic rings. The molecule has 1 saturated heterocycles. The summed E-state index contributed by atoms with van der Waals surface area (Å²) in [4.78, 5) is 2.58. The molecule has 1 saturated carbocycles. The Hall–Kier alpha value is -0.120. The fraction of sp³-hybridized carbons (Fsp3) is 1.00. The maximum absolute atomic E-state index is 6.02. The van der Waals surface area contributed by atoms with Crippen molar-refractivity contribution in [1.82, 2.24) is 4.90 Å². The zero-order chi connectivity index (χ0) is 11.8. The highest BCUT2D eigenvalue weighted by molar-refractivity contribution is 5.06. The molecule has 0 amide bonds. The van der Waals surface area contributed by atoms with E-state index in [4.69, 9.17) is 10.5 Å². The quantitative estimate of drug-likeness (QED) is 0.789. The lowest BCUT2D eigenvalue weighted by Gasteiger charge is -2.54. The Morgan fingerprint density at radius 1 is 1.44 bits per heavy atom. The molecule has 0 bridgehead atoms. The summed E-state index contributed by atoms with van der Waals surface area (Å²) in [7, 11) is 1.82. The Balaban J connectivity index is 1.92. The van der Waals surface area contributed by atoms with Crippen molar-refractivity contribution in [2.24, 2.45) is 17.6 Å². The summed E-state index contributed by atoms with van der Waals surface area (Å²) in [6.45, 7) is 7.71. The van der Waals surface area contributed by atoms with E-state index in [0.29, 0.717) is 11.6 Å². The van der Waals surface area contributed by atoms with E-state index >= 15 is 0 Å². The molecule has 0 aromatic carbocycles. The summed E-state index contributed by atoms with van der Waals surface area (Å²) in [6.07, 6.45) is 4.18. The molecule has 1 aliphatic heterocycles. The number of nitrogens with two attached hydrogens (primary N) is 1. The fourth-order valence-electron chi connectivity index (χ4n) is 3.29. The van der Waals surface area contributed by atoms with Gasteiger partial charge < -0.3 is 10.5 Å². The Kier molecular flexibility index (Phi) is 3.57. The molecule has 1 unspecified atom stereocenters. The molecule has 1 aliphatic carbocycles. The van der Waals surface area contributed by atoms with Gasteiger partial charge in [-0.1, -0.05) is 13.8 Å². The molecule has 2 rings (SSSR count). The Bertz CT molecular complexity index is 236. The van der Waals surface area contributed by atoms with Gasteiger partial charge >= 0.3 is 0 Å². The van der Waals surface area contributed by atoms with Crippen molar-refractivity contribution in [3.05, 3.63) is 0 Å². The van der Waals surface area contributed by atoms with E-state index in [0.717, 1.165) is 24.9 Å². The lowest BCUT2D eigenvalue weighted by atomic mass is 9.63. The lowest BCUT2D eigenvalue weighted by molar-refractivity contribution is -0.0297. The maximum Gasteiger partial charge on any atom is 0.0710 e. The second-order valence-electron chi connectivity index (χ2n) is 5.93. The molecule has 0 radical (unpaired) electrons. The largest absolute Gasteiger partial charge is 0.380 e. The third-order valence-electron chi connectivity index (χ3n) is 4.76. The van der Waals surface area contributed by atoms with E-state index < -0.39 is 0 Å². The van der Waals surface area contributed by atoms with Gasteiger partial charge in [0, 0.05) is 32.3 Å². The Morgan fingerprint density at radius 3 is 2.56 bits per heavy atom. The molecule has 1 heterocycles. The van der Waals surface area contributed by atoms with Crippen LogP contribution in [0.3, 0.4) is 0 Å². The molecule has 94 valence electrons. The number of hydrogen-bond donors (Lipinski definition) is 1. The average Bonchev–Trinajstić information content (AvgIpc) is 2.65. The molecular formula is C13H26N2O. The minimum absolute atomic E-state index is 0.308. The Labute approximate surface area is 99.3 Å². The SMILES string of the molecule is COC1CCN(C2(CN)CC(C(C)C)C2)C1. The van der Waals surface area contributed by atoms with Gasteiger partial charge in [0.1, 0.15) is 0 Å². The molecule has 2 fully saturated rings. The fourth-order valence-corrected chi connectivity index (χ4v) is 3.29. The van der Waals surface area contributed by atoms with Gasteiger partial charge in [0.05, 0.1) is 6.10 Å². The smallest absolute Gasteiger partial charge is 0.0710 e. The molecule has 0 spiro atoms. The van der Waals surface area contributed by atoms with Crippen molar-refractivity contribution < 1.29 is 4.74 Å². The second kappa shape index (κ2) is 4.63. The van der Waals surface area contributed by atoms with Crippen LogP contribution in [0.2, 0.25) is 0 Å². The van der Waals surface area contributed by atoms with E-state index in [2.05, 4.69) is 18.7 Å². The van der Waals surface area contributed by atoms with Crippen LogP contribution in [0, 0.1) is 11.8 Å². The summed E-state index contributed by atoms with van der Waals surface area (Å²) in [6, 6.07) is 0. The molecular weight excluding hydrogens is 200 g/mol. The number of methoxy groups -OCH3 is 1. The van der Waals surface area contributed by atoms with Gasteiger partial charge in [-0.05, 0) is 31.1 Å². The number of likely N-dealkylation sites (tertiary alicyclic amines) is 1. The van der Waals surface area contributed by atoms with E-state index in [-0.39, 0.29) is 0 Å². The van der Waals surface area contributed by atoms with Crippen molar-refractivity contribution in [2.45, 2.75) is 44.8 Å². The highest BCUT2D eigenvalue weighted by atomic mass is 16.5. The van der Waals surface area contributed by atoms with Crippen LogP contribution < -0.4 is 5.73 Å². The first-order valence-corrected chi connectivity index (χ1v) is 6.59. The first-order chi connectivity index (χ1) is 7.61. The third-order valence-corrected chi connectivity index (χ3v) is 4.76. The molecule has 2 N–H and O–H groups in total. The van der Waals surface area contributed by atoms with Crippen LogP contribution in [0.1, 0.15) is 33.1 Å². The Morgan fingerprint density at radius 2 is 2.12 bits per heavy atom. The zero-order valence-corrected chi connectivity index (χ0v) is 10.9. The minimum atomic E-state index is 0.308. The van der Waals surface area contributed by atoms with E-state index in [1.54, 1.807) is 0 Å². The van der Waals surface area contributed by atoms with E-state index in [1.807, 2.05) is 7.11 Å². The first-order valence-electron chi connectivity index (χ1n) is 6.59. The van der Waals surface area contributed by atoms with Gasteiger partial charge in [0.2, 0.25) is 0 Å². The van der Waals surface area contributed by atoms with Gasteiger partial charge in [-0.25, -0.2) is 0 Å². The van der Waals surface area contributed by atoms with Crippen LogP contribution >= 0.6 is 0 Å². The molecule has 2 aliphatic rings. The summed E-state index contributed by atoms with van der Waals surface area (Å²) >= 11 is 0. The van der Waals surface area contributed by atoms with Crippen molar-refractivity contribution in [2.75, 3.05) is 26.7 Å². The zero-order valence-electron chi connectivity index (χ0n) is 10.9. The summed E-state index contributed by atoms with van der Waals surface area (Å²) in [5, 5.41) is 0. The van der Waals surface area contributed by atoms with Gasteiger partial charge in [-0.2, -0.15) is 0 Å². The summed E-state index contributed by atoms with van der Waals surface area (Å²) in [5.41, 5.74) is 6.32. The van der Waals surface area contributed by atoms with Gasteiger partial charge in [-0.3, -0.25) is 4.90 Å². The van der Waals surface area contributed by atoms with Gasteiger partial charge in [0.15, 0.2) is 0 Å². The summed E-state index contributed by atoms with van der Waals surface area (Å²) < 4.78 is 5.44. The van der Waals surface area contributed by atoms with Crippen LogP contribution in [0.15, 0.2) is 0 Å². The first kappa shape index (κ1) is 12.3. The number of ether oxygens (including phenoxy) is 1. The second-order valence-corrected chi connectivity index (χ2v) is 5.93. The predicted octanol–water partition coefficient (Wildman–Crippen LogP) is 1.47. The monoisotopic (exact) mass is 226 g/mol. The predicted molar refractivity (Wildman–Crippen MR) is 66.3 cm³/mol. The average molecular weight is 226 g/mol. The topological polar surface area (TPSA) is 38.5 Å². The van der Waals surface area contributed by atoms with E-state index in [1.165, 1.54) is 25.8 Å². The van der Waals surface area contributed by atoms with Crippen molar-refractivity contribution in [3.63, 3.8) is 0 Å². The number of nitrogens with zero attached hydrogens (tertiary/aromatic N) is 1. The normalized spacial score (nSPS) is 40.3. The number of hydrogen-bond acceptors (Lipinski definition) is 3. The third kappa shape index (κ3) is 2.01. The highest BCUT2D eigenvalue weighted by Gasteiger charge is 2.49. The summed E-state index contributed by atoms with van der Waals surface area (Å²) in [5.74, 6) is 1.69. The van der Waals surface area contributed by atoms with Crippen LogP contribution in [-0.4, -0.2) is 43.3 Å². The van der Waals surface area contributed by atoms with Crippen molar-refractivity contribution in [1.29, 1.82) is 0 Å². The highest BCUT2D eigenvalue weighted by Crippen LogP contribution is 2.46. The molecule has 16 heavy (non-hydrogen) atoms. The van der Waals surface area contributed by atoms with Crippen LogP contribution in [0.4, 0.5) is 0 Å². The molecule has 1 atom stereocenters. The van der Waals surface area contributed by atoms with Gasteiger partial charge in [0.25, 0.3) is 0 Å². The molecule has 0 aromatic heterocycles. The minimum Gasteiger partial charge on any atom is -0.380 e. The maximum atomic E-state index is 6.02. The van der Waals surface area contributed by atoms with Crippen molar-refractivity contribution in [3.8, 4) is 0 Å². The van der Waals surface area contributed by atoms with E-state index in [9.17, 15) is 0 Å². The van der Waals surface area contributed by atoms with Crippen LogP contribution in [0.5, 0.6) is 0 Å². The number of rotatable bonds is 4.